The number of amides is 1. The van der Waals surface area contributed by atoms with Crippen molar-refractivity contribution in [3.8, 4) is 5.88 Å². The fourth-order valence-electron chi connectivity index (χ4n) is 3.21. The van der Waals surface area contributed by atoms with Crippen LogP contribution in [0.1, 0.15) is 33.6 Å². The lowest BCUT2D eigenvalue weighted by molar-refractivity contribution is 0.0512. The van der Waals surface area contributed by atoms with Gasteiger partial charge in [0.05, 0.1) is 24.8 Å². The number of hydrogen-bond donors (Lipinski definition) is 0. The van der Waals surface area contributed by atoms with Gasteiger partial charge in [0.2, 0.25) is 0 Å². The molecule has 28 heavy (non-hydrogen) atoms. The third-order valence-electron chi connectivity index (χ3n) is 4.58. The highest BCUT2D eigenvalue weighted by atomic mass is 16.5. The smallest absolute Gasteiger partial charge is 0.338 e. The van der Waals surface area contributed by atoms with Crippen LogP contribution in [0.2, 0.25) is 0 Å². The number of benzene rings is 1. The first kappa shape index (κ1) is 19.6. The number of piperidine rings is 1. The van der Waals surface area contributed by atoms with Gasteiger partial charge in [0.15, 0.2) is 5.82 Å². The molecule has 1 amide bonds. The first-order valence-electron chi connectivity index (χ1n) is 9.13. The normalized spacial score (nSPS) is 16.4. The van der Waals surface area contributed by atoms with E-state index in [0.29, 0.717) is 30.4 Å². The van der Waals surface area contributed by atoms with E-state index < -0.39 is 5.97 Å². The maximum atomic E-state index is 13.0. The highest BCUT2D eigenvalue weighted by molar-refractivity contribution is 6.05. The second-order valence-electron chi connectivity index (χ2n) is 6.75. The minimum atomic E-state index is -0.524. The summed E-state index contributed by atoms with van der Waals surface area (Å²) in [6.45, 7) is 1.02. The second-order valence-corrected chi connectivity index (χ2v) is 6.75. The van der Waals surface area contributed by atoms with Gasteiger partial charge in [0.25, 0.3) is 11.8 Å². The Morgan fingerprint density at radius 1 is 1.14 bits per heavy atom. The van der Waals surface area contributed by atoms with Crippen LogP contribution in [-0.2, 0) is 4.74 Å². The molecule has 1 unspecified atom stereocenters. The zero-order chi connectivity index (χ0) is 20.1. The van der Waals surface area contributed by atoms with E-state index in [1.807, 2.05) is 19.0 Å². The summed E-state index contributed by atoms with van der Waals surface area (Å²) in [6, 6.07) is 6.69. The van der Waals surface area contributed by atoms with Crippen molar-refractivity contribution in [1.82, 2.24) is 14.9 Å². The Balaban J connectivity index is 1.76. The zero-order valence-electron chi connectivity index (χ0n) is 16.3. The number of anilines is 1. The molecule has 1 fully saturated rings. The van der Waals surface area contributed by atoms with Crippen LogP contribution >= 0.6 is 0 Å². The lowest BCUT2D eigenvalue weighted by Gasteiger charge is -2.33. The summed E-state index contributed by atoms with van der Waals surface area (Å²) in [5, 5.41) is 0. The van der Waals surface area contributed by atoms with E-state index in [1.165, 1.54) is 7.11 Å². The number of nitrogens with zero attached hydrogens (tertiary/aromatic N) is 4. The minimum absolute atomic E-state index is 0.196. The molecule has 8 nitrogen and oxygen atoms in total. The molecule has 2 heterocycles. The predicted molar refractivity (Wildman–Crippen MR) is 104 cm³/mol. The van der Waals surface area contributed by atoms with Gasteiger partial charge in [-0.1, -0.05) is 12.1 Å². The Morgan fingerprint density at radius 3 is 2.57 bits per heavy atom. The van der Waals surface area contributed by atoms with Gasteiger partial charge in [-0.15, -0.1) is 0 Å². The Kier molecular flexibility index (Phi) is 6.08. The van der Waals surface area contributed by atoms with Crippen molar-refractivity contribution in [2.45, 2.75) is 18.9 Å². The Morgan fingerprint density at radius 2 is 1.86 bits per heavy atom. The van der Waals surface area contributed by atoms with Crippen LogP contribution < -0.4 is 9.64 Å². The molecule has 8 heteroatoms. The summed E-state index contributed by atoms with van der Waals surface area (Å²) in [5.74, 6) is 0.356. The zero-order valence-corrected chi connectivity index (χ0v) is 16.3. The molecule has 0 saturated carbocycles. The molecular formula is C20H24N4O4. The molecule has 3 rings (SSSR count). The van der Waals surface area contributed by atoms with Gasteiger partial charge in [0.1, 0.15) is 6.10 Å². The first-order valence-corrected chi connectivity index (χ1v) is 9.13. The van der Waals surface area contributed by atoms with Crippen LogP contribution in [0.15, 0.2) is 36.7 Å². The Labute approximate surface area is 164 Å². The summed E-state index contributed by atoms with van der Waals surface area (Å²) in [5.41, 5.74) is 0.602. The third-order valence-corrected chi connectivity index (χ3v) is 4.58. The molecule has 1 atom stereocenters. The molecule has 1 aliphatic rings. The molecule has 1 aliphatic heterocycles. The number of esters is 1. The predicted octanol–water partition coefficient (Wildman–Crippen LogP) is 2.01. The molecule has 2 aromatic rings. The van der Waals surface area contributed by atoms with Gasteiger partial charge in [0, 0.05) is 33.0 Å². The quantitative estimate of drug-likeness (QED) is 0.729. The van der Waals surface area contributed by atoms with Gasteiger partial charge in [-0.2, -0.15) is 0 Å². The van der Waals surface area contributed by atoms with Crippen molar-refractivity contribution < 1.29 is 19.1 Å². The van der Waals surface area contributed by atoms with Gasteiger partial charge >= 0.3 is 5.97 Å². The average molecular weight is 384 g/mol. The maximum absolute atomic E-state index is 13.0. The summed E-state index contributed by atoms with van der Waals surface area (Å²) < 4.78 is 10.9. The van der Waals surface area contributed by atoms with E-state index in [9.17, 15) is 9.59 Å². The molecule has 1 saturated heterocycles. The van der Waals surface area contributed by atoms with Crippen molar-refractivity contribution in [3.63, 3.8) is 0 Å². The Hall–Kier alpha value is -3.16. The van der Waals surface area contributed by atoms with Crippen LogP contribution in [0, 0.1) is 0 Å². The van der Waals surface area contributed by atoms with E-state index in [1.54, 1.807) is 41.6 Å². The van der Waals surface area contributed by atoms with Crippen LogP contribution in [0.3, 0.4) is 0 Å². The third kappa shape index (κ3) is 4.21. The van der Waals surface area contributed by atoms with Crippen molar-refractivity contribution >= 4 is 17.7 Å². The number of likely N-dealkylation sites (tertiary alicyclic amines) is 1. The van der Waals surface area contributed by atoms with Crippen LogP contribution in [0.4, 0.5) is 5.82 Å². The van der Waals surface area contributed by atoms with E-state index in [0.717, 1.165) is 12.8 Å². The van der Waals surface area contributed by atoms with Crippen LogP contribution in [0.25, 0.3) is 0 Å². The van der Waals surface area contributed by atoms with Gasteiger partial charge < -0.3 is 19.3 Å². The molecule has 1 aromatic carbocycles. The number of rotatable bonds is 5. The van der Waals surface area contributed by atoms with Crippen LogP contribution in [0.5, 0.6) is 5.88 Å². The SMILES string of the molecule is COC(=O)c1ccccc1C(=O)N1CCCC(Oc2nccnc2N(C)C)C1. The lowest BCUT2D eigenvalue weighted by atomic mass is 10.0. The van der Waals surface area contributed by atoms with Gasteiger partial charge in [-0.05, 0) is 25.0 Å². The van der Waals surface area contributed by atoms with E-state index in [4.69, 9.17) is 9.47 Å². The number of methoxy groups -OCH3 is 1. The molecule has 1 aromatic heterocycles. The molecule has 0 radical (unpaired) electrons. The average Bonchev–Trinajstić information content (AvgIpc) is 2.73. The highest BCUT2D eigenvalue weighted by Gasteiger charge is 2.29. The Bertz CT molecular complexity index is 856. The number of hydrogen-bond acceptors (Lipinski definition) is 7. The topological polar surface area (TPSA) is 84.9 Å². The molecular weight excluding hydrogens is 360 g/mol. The fraction of sp³-hybridized carbons (Fsp3) is 0.400. The largest absolute Gasteiger partial charge is 0.470 e. The number of aromatic nitrogens is 2. The molecule has 0 N–H and O–H groups in total. The van der Waals surface area contributed by atoms with Crippen LogP contribution in [-0.4, -0.2) is 67.1 Å². The van der Waals surface area contributed by atoms with Crippen molar-refractivity contribution in [1.29, 1.82) is 0 Å². The molecule has 148 valence electrons. The lowest BCUT2D eigenvalue weighted by Crippen LogP contribution is -2.45. The van der Waals surface area contributed by atoms with Gasteiger partial charge in [-0.25, -0.2) is 14.8 Å². The number of ether oxygens (including phenoxy) is 2. The maximum Gasteiger partial charge on any atom is 0.338 e. The molecule has 0 aliphatic carbocycles. The fourth-order valence-corrected chi connectivity index (χ4v) is 3.21. The summed E-state index contributed by atoms with van der Waals surface area (Å²) in [6.07, 6.45) is 4.61. The summed E-state index contributed by atoms with van der Waals surface area (Å²) in [4.78, 5) is 37.1. The first-order chi connectivity index (χ1) is 13.5. The number of carbonyl (C=O) groups is 2. The molecule has 0 bridgehead atoms. The molecule has 0 spiro atoms. The van der Waals surface area contributed by atoms with E-state index >= 15 is 0 Å². The van der Waals surface area contributed by atoms with Crippen molar-refractivity contribution in [3.05, 3.63) is 47.8 Å². The standard InChI is InChI=1S/C20H24N4O4/c1-23(2)17-18(22-11-10-21-17)28-14-7-6-12-24(13-14)19(25)15-8-4-5-9-16(15)20(26)27-3/h4-5,8-11,14H,6-7,12-13H2,1-3H3. The minimum Gasteiger partial charge on any atom is -0.470 e. The highest BCUT2D eigenvalue weighted by Crippen LogP contribution is 2.25. The second kappa shape index (κ2) is 8.69. The summed E-state index contributed by atoms with van der Waals surface area (Å²) >= 11 is 0. The van der Waals surface area contributed by atoms with E-state index in [-0.39, 0.29) is 17.6 Å². The van der Waals surface area contributed by atoms with Crippen molar-refractivity contribution in [2.75, 3.05) is 39.2 Å². The van der Waals surface area contributed by atoms with Crippen molar-refractivity contribution in [2.24, 2.45) is 0 Å². The van der Waals surface area contributed by atoms with Gasteiger partial charge in [-0.3, -0.25) is 4.79 Å². The monoisotopic (exact) mass is 384 g/mol. The number of carbonyl (C=O) groups excluding carboxylic acids is 2. The summed E-state index contributed by atoms with van der Waals surface area (Å²) in [7, 11) is 5.05. The van der Waals surface area contributed by atoms with E-state index in [2.05, 4.69) is 9.97 Å².